The maximum atomic E-state index is 12.1. The molecule has 0 aliphatic carbocycles. The van der Waals surface area contributed by atoms with Gasteiger partial charge in [0, 0.05) is 18.0 Å². The van der Waals surface area contributed by atoms with Gasteiger partial charge in [-0.15, -0.1) is 0 Å². The number of carbonyl (C=O) groups is 1. The van der Waals surface area contributed by atoms with E-state index in [0.29, 0.717) is 22.4 Å². The molecule has 110 valence electrons. The molecule has 0 radical (unpaired) electrons. The Hall–Kier alpha value is -2.95. The fourth-order valence-electron chi connectivity index (χ4n) is 2.28. The second-order valence-corrected chi connectivity index (χ2v) is 4.90. The summed E-state index contributed by atoms with van der Waals surface area (Å²) >= 11 is 0. The molecule has 1 aromatic heterocycles. The van der Waals surface area contributed by atoms with Crippen molar-refractivity contribution in [2.24, 2.45) is 7.05 Å². The highest BCUT2D eigenvalue weighted by Crippen LogP contribution is 2.17. The molecule has 0 aliphatic heterocycles. The van der Waals surface area contributed by atoms with Crippen molar-refractivity contribution >= 4 is 17.1 Å². The number of nitrogens with zero attached hydrogens (tertiary/aromatic N) is 2. The maximum Gasteiger partial charge on any atom is 0.274 e. The van der Waals surface area contributed by atoms with Gasteiger partial charge in [0.25, 0.3) is 5.56 Å². The highest BCUT2D eigenvalue weighted by molar-refractivity contribution is 5.83. The Morgan fingerprint density at radius 2 is 1.77 bits per heavy atom. The van der Waals surface area contributed by atoms with E-state index in [1.165, 1.54) is 4.68 Å². The average Bonchev–Trinajstić information content (AvgIpc) is 2.57. The lowest BCUT2D eigenvalue weighted by atomic mass is 10.1. The number of rotatable bonds is 4. The molecule has 0 saturated carbocycles. The predicted molar refractivity (Wildman–Crippen MR) is 83.1 cm³/mol. The molecule has 22 heavy (non-hydrogen) atoms. The molecule has 0 amide bonds. The summed E-state index contributed by atoms with van der Waals surface area (Å²) in [6, 6.07) is 14.2. The number of carbonyl (C=O) groups excluding carboxylic acids is 1. The normalized spacial score (nSPS) is 10.6. The van der Waals surface area contributed by atoms with Crippen LogP contribution in [0.15, 0.2) is 53.3 Å². The predicted octanol–water partition coefficient (Wildman–Crippen LogP) is 2.33. The van der Waals surface area contributed by atoms with Gasteiger partial charge in [0.2, 0.25) is 0 Å². The van der Waals surface area contributed by atoms with Gasteiger partial charge in [-0.3, -0.25) is 9.59 Å². The molecular formula is C17H14N2O3. The third kappa shape index (κ3) is 2.61. The van der Waals surface area contributed by atoms with Gasteiger partial charge in [-0.2, -0.15) is 5.10 Å². The molecule has 0 spiro atoms. The van der Waals surface area contributed by atoms with Crippen LogP contribution >= 0.6 is 0 Å². The van der Waals surface area contributed by atoms with Crippen LogP contribution in [0.3, 0.4) is 0 Å². The summed E-state index contributed by atoms with van der Waals surface area (Å²) in [4.78, 5) is 22.7. The third-order valence-corrected chi connectivity index (χ3v) is 3.42. The van der Waals surface area contributed by atoms with Crippen LogP contribution in [0.5, 0.6) is 5.75 Å². The van der Waals surface area contributed by atoms with E-state index in [-0.39, 0.29) is 12.2 Å². The van der Waals surface area contributed by atoms with Crippen LogP contribution in [0.2, 0.25) is 0 Å². The molecule has 3 aromatic rings. The number of aldehydes is 1. The lowest BCUT2D eigenvalue weighted by molar-refractivity contribution is 0.112. The van der Waals surface area contributed by atoms with E-state index in [9.17, 15) is 9.59 Å². The first-order valence-corrected chi connectivity index (χ1v) is 6.82. The zero-order valence-corrected chi connectivity index (χ0v) is 12.0. The van der Waals surface area contributed by atoms with Crippen LogP contribution < -0.4 is 10.3 Å². The number of aryl methyl sites for hydroxylation is 1. The Balaban J connectivity index is 1.92. The van der Waals surface area contributed by atoms with Gasteiger partial charge in [0.15, 0.2) is 0 Å². The summed E-state index contributed by atoms with van der Waals surface area (Å²) in [5.41, 5.74) is 1.16. The summed E-state index contributed by atoms with van der Waals surface area (Å²) in [6.07, 6.45) is 0.784. The number of fused-ring (bicyclic) bond motifs is 1. The topological polar surface area (TPSA) is 61.2 Å². The van der Waals surface area contributed by atoms with Crippen LogP contribution in [-0.2, 0) is 13.7 Å². The highest BCUT2D eigenvalue weighted by atomic mass is 16.5. The van der Waals surface area contributed by atoms with Crippen molar-refractivity contribution in [3.8, 4) is 5.75 Å². The van der Waals surface area contributed by atoms with Crippen molar-refractivity contribution in [2.75, 3.05) is 0 Å². The number of aromatic nitrogens is 2. The minimum atomic E-state index is -0.130. The van der Waals surface area contributed by atoms with Gasteiger partial charge in [-0.25, -0.2) is 4.68 Å². The molecule has 0 fully saturated rings. The van der Waals surface area contributed by atoms with Crippen molar-refractivity contribution in [1.82, 2.24) is 9.78 Å². The van der Waals surface area contributed by atoms with Crippen molar-refractivity contribution in [2.45, 2.75) is 6.61 Å². The Morgan fingerprint density at radius 3 is 2.45 bits per heavy atom. The Morgan fingerprint density at radius 1 is 1.09 bits per heavy atom. The molecule has 1 heterocycles. The summed E-state index contributed by atoms with van der Waals surface area (Å²) in [5.74, 6) is 0.644. The molecule has 5 nitrogen and oxygen atoms in total. The van der Waals surface area contributed by atoms with Gasteiger partial charge in [-0.1, -0.05) is 18.2 Å². The van der Waals surface area contributed by atoms with Crippen LogP contribution in [0, 0.1) is 0 Å². The zero-order chi connectivity index (χ0) is 15.5. The van der Waals surface area contributed by atoms with E-state index in [1.807, 2.05) is 18.2 Å². The SMILES string of the molecule is Cn1nc(COc2ccc(C=O)cc2)c2ccccc2c1=O. The molecule has 2 aromatic carbocycles. The fourth-order valence-corrected chi connectivity index (χ4v) is 2.28. The largest absolute Gasteiger partial charge is 0.487 e. The fraction of sp³-hybridized carbons (Fsp3) is 0.118. The summed E-state index contributed by atoms with van der Waals surface area (Å²) < 4.78 is 7.02. The van der Waals surface area contributed by atoms with Gasteiger partial charge in [-0.05, 0) is 30.3 Å². The van der Waals surface area contributed by atoms with Gasteiger partial charge in [0.1, 0.15) is 24.3 Å². The van der Waals surface area contributed by atoms with Crippen LogP contribution in [0.1, 0.15) is 16.1 Å². The molecule has 0 atom stereocenters. The second-order valence-electron chi connectivity index (χ2n) is 4.90. The quantitative estimate of drug-likeness (QED) is 0.693. The lowest BCUT2D eigenvalue weighted by Gasteiger charge is -2.09. The van der Waals surface area contributed by atoms with Gasteiger partial charge < -0.3 is 4.74 Å². The van der Waals surface area contributed by atoms with Crippen LogP contribution in [0.25, 0.3) is 10.8 Å². The average molecular weight is 294 g/mol. The van der Waals surface area contributed by atoms with Crippen molar-refractivity contribution in [1.29, 1.82) is 0 Å². The Labute approximate surface area is 126 Å². The van der Waals surface area contributed by atoms with E-state index in [4.69, 9.17) is 4.74 Å². The highest BCUT2D eigenvalue weighted by Gasteiger charge is 2.08. The van der Waals surface area contributed by atoms with Gasteiger partial charge >= 0.3 is 0 Å². The van der Waals surface area contributed by atoms with E-state index in [1.54, 1.807) is 37.4 Å². The van der Waals surface area contributed by atoms with E-state index in [2.05, 4.69) is 5.10 Å². The number of ether oxygens (including phenoxy) is 1. The first kappa shape index (κ1) is 14.0. The monoisotopic (exact) mass is 294 g/mol. The molecule has 0 saturated heterocycles. The minimum Gasteiger partial charge on any atom is -0.487 e. The van der Waals surface area contributed by atoms with Crippen LogP contribution in [0.4, 0.5) is 0 Å². The summed E-state index contributed by atoms with van der Waals surface area (Å²) in [6.45, 7) is 0.245. The second kappa shape index (κ2) is 5.81. The molecule has 0 aliphatic rings. The molecule has 0 N–H and O–H groups in total. The number of hydrogen-bond acceptors (Lipinski definition) is 4. The lowest BCUT2D eigenvalue weighted by Crippen LogP contribution is -2.22. The molecule has 5 heteroatoms. The minimum absolute atomic E-state index is 0.130. The first-order valence-electron chi connectivity index (χ1n) is 6.82. The smallest absolute Gasteiger partial charge is 0.274 e. The third-order valence-electron chi connectivity index (χ3n) is 3.42. The summed E-state index contributed by atoms with van der Waals surface area (Å²) in [7, 11) is 1.62. The zero-order valence-electron chi connectivity index (χ0n) is 12.0. The molecular weight excluding hydrogens is 280 g/mol. The first-order chi connectivity index (χ1) is 10.7. The Bertz CT molecular complexity index is 883. The molecule has 0 bridgehead atoms. The number of hydrogen-bond donors (Lipinski definition) is 0. The Kier molecular flexibility index (Phi) is 3.70. The molecule has 3 rings (SSSR count). The van der Waals surface area contributed by atoms with Crippen LogP contribution in [-0.4, -0.2) is 16.1 Å². The summed E-state index contributed by atoms with van der Waals surface area (Å²) in [5, 5.41) is 5.68. The van der Waals surface area contributed by atoms with E-state index >= 15 is 0 Å². The van der Waals surface area contributed by atoms with Crippen molar-refractivity contribution in [3.63, 3.8) is 0 Å². The van der Waals surface area contributed by atoms with E-state index in [0.717, 1.165) is 11.7 Å². The van der Waals surface area contributed by atoms with Crippen molar-refractivity contribution in [3.05, 3.63) is 70.1 Å². The molecule has 0 unspecified atom stereocenters. The van der Waals surface area contributed by atoms with E-state index < -0.39 is 0 Å². The standard InChI is InChI=1S/C17H14N2O3/c1-19-17(21)15-5-3-2-4-14(15)16(18-19)11-22-13-8-6-12(10-20)7-9-13/h2-10H,11H2,1H3. The van der Waals surface area contributed by atoms with Gasteiger partial charge in [0.05, 0.1) is 5.39 Å². The van der Waals surface area contributed by atoms with Crippen molar-refractivity contribution < 1.29 is 9.53 Å². The maximum absolute atomic E-state index is 12.1. The number of benzene rings is 2.